The zero-order valence-electron chi connectivity index (χ0n) is 11.9. The van der Waals surface area contributed by atoms with Crippen molar-refractivity contribution in [3.63, 3.8) is 0 Å². The van der Waals surface area contributed by atoms with Crippen LogP contribution in [0.3, 0.4) is 0 Å². The quantitative estimate of drug-likeness (QED) is 0.848. The summed E-state index contributed by atoms with van der Waals surface area (Å²) in [7, 11) is 0. The van der Waals surface area contributed by atoms with Gasteiger partial charge in [-0.1, -0.05) is 50.1 Å². The number of hydrogen-bond donors (Lipinski definition) is 2. The van der Waals surface area contributed by atoms with E-state index in [0.717, 1.165) is 30.4 Å². The molecule has 106 valence electrons. The van der Waals surface area contributed by atoms with Crippen molar-refractivity contribution in [3.8, 4) is 0 Å². The lowest BCUT2D eigenvalue weighted by atomic mass is 9.80. The van der Waals surface area contributed by atoms with Gasteiger partial charge in [-0.3, -0.25) is 4.98 Å². The van der Waals surface area contributed by atoms with Crippen LogP contribution in [0.2, 0.25) is 0 Å². The summed E-state index contributed by atoms with van der Waals surface area (Å²) in [6, 6.07) is 14.0. The van der Waals surface area contributed by atoms with E-state index in [2.05, 4.69) is 24.0 Å². The molecule has 0 unspecified atom stereocenters. The molecule has 0 spiro atoms. The van der Waals surface area contributed by atoms with E-state index in [0.29, 0.717) is 5.69 Å². The van der Waals surface area contributed by atoms with Gasteiger partial charge in [-0.15, -0.1) is 0 Å². The molecule has 0 aliphatic carbocycles. The molecule has 1 aromatic heterocycles. The zero-order chi connectivity index (χ0) is 14.4. The van der Waals surface area contributed by atoms with Crippen LogP contribution in [0.15, 0.2) is 48.7 Å². The van der Waals surface area contributed by atoms with E-state index >= 15 is 0 Å². The van der Waals surface area contributed by atoms with Crippen molar-refractivity contribution in [1.29, 1.82) is 0 Å². The molecule has 3 heteroatoms. The van der Waals surface area contributed by atoms with E-state index in [1.807, 2.05) is 30.3 Å². The van der Waals surface area contributed by atoms with Crippen molar-refractivity contribution in [2.45, 2.75) is 38.3 Å². The van der Waals surface area contributed by atoms with E-state index in [1.54, 1.807) is 6.20 Å². The summed E-state index contributed by atoms with van der Waals surface area (Å²) < 4.78 is 0. The second kappa shape index (κ2) is 6.64. The van der Waals surface area contributed by atoms with Crippen molar-refractivity contribution in [2.75, 3.05) is 0 Å². The van der Waals surface area contributed by atoms with Gasteiger partial charge in [0.25, 0.3) is 0 Å². The SMILES string of the molecule is CCCC[C@@](N)(c1ccccc1)c1ccnc(CO)c1. The Kier molecular flexibility index (Phi) is 4.88. The first-order valence-corrected chi connectivity index (χ1v) is 7.11. The summed E-state index contributed by atoms with van der Waals surface area (Å²) >= 11 is 0. The number of nitrogens with zero attached hydrogens (tertiary/aromatic N) is 1. The first kappa shape index (κ1) is 14.7. The van der Waals surface area contributed by atoms with Gasteiger partial charge in [-0.05, 0) is 29.7 Å². The fourth-order valence-electron chi connectivity index (χ4n) is 2.49. The van der Waals surface area contributed by atoms with Gasteiger partial charge in [0, 0.05) is 6.20 Å². The first-order valence-electron chi connectivity index (χ1n) is 7.11. The van der Waals surface area contributed by atoms with Gasteiger partial charge in [0.05, 0.1) is 17.8 Å². The maximum absolute atomic E-state index is 9.27. The highest BCUT2D eigenvalue weighted by Gasteiger charge is 2.29. The molecule has 20 heavy (non-hydrogen) atoms. The Morgan fingerprint density at radius 3 is 2.55 bits per heavy atom. The molecule has 1 aromatic carbocycles. The standard InChI is InChI=1S/C17H22N2O/c1-2-3-10-17(18,14-7-5-4-6-8-14)15-9-11-19-16(12-15)13-20/h4-9,11-12,20H,2-3,10,13,18H2,1H3/t17-/m1/s1. The van der Waals surface area contributed by atoms with Gasteiger partial charge >= 0.3 is 0 Å². The Morgan fingerprint density at radius 2 is 1.90 bits per heavy atom. The monoisotopic (exact) mass is 270 g/mol. The number of aliphatic hydroxyl groups is 1. The highest BCUT2D eigenvalue weighted by atomic mass is 16.3. The van der Waals surface area contributed by atoms with Gasteiger partial charge in [0.15, 0.2) is 0 Å². The molecule has 2 rings (SSSR count). The maximum Gasteiger partial charge on any atom is 0.0853 e. The molecule has 0 saturated heterocycles. The Hall–Kier alpha value is -1.71. The van der Waals surface area contributed by atoms with E-state index < -0.39 is 5.54 Å². The minimum atomic E-state index is -0.524. The lowest BCUT2D eigenvalue weighted by molar-refractivity contribution is 0.276. The predicted molar refractivity (Wildman–Crippen MR) is 81.1 cm³/mol. The van der Waals surface area contributed by atoms with Gasteiger partial charge in [-0.2, -0.15) is 0 Å². The largest absolute Gasteiger partial charge is 0.390 e. The number of pyridine rings is 1. The Balaban J connectivity index is 2.45. The minimum Gasteiger partial charge on any atom is -0.390 e. The molecule has 1 atom stereocenters. The lowest BCUT2D eigenvalue weighted by Crippen LogP contribution is -2.38. The van der Waals surface area contributed by atoms with Crippen LogP contribution in [-0.2, 0) is 12.1 Å². The fraction of sp³-hybridized carbons (Fsp3) is 0.353. The Bertz CT molecular complexity index is 542. The Morgan fingerprint density at radius 1 is 1.15 bits per heavy atom. The third-order valence-corrected chi connectivity index (χ3v) is 3.71. The number of aromatic nitrogens is 1. The van der Waals surface area contributed by atoms with Crippen LogP contribution in [0.1, 0.15) is 43.0 Å². The van der Waals surface area contributed by atoms with Gasteiger partial charge in [-0.25, -0.2) is 0 Å². The second-order valence-electron chi connectivity index (χ2n) is 5.13. The van der Waals surface area contributed by atoms with Crippen LogP contribution in [0.5, 0.6) is 0 Å². The average molecular weight is 270 g/mol. The molecule has 0 fully saturated rings. The van der Waals surface area contributed by atoms with Crippen LogP contribution in [-0.4, -0.2) is 10.1 Å². The molecule has 0 aliphatic rings. The predicted octanol–water partition coefficient (Wildman–Crippen LogP) is 2.97. The van der Waals surface area contributed by atoms with E-state index in [9.17, 15) is 5.11 Å². The summed E-state index contributed by atoms with van der Waals surface area (Å²) in [4.78, 5) is 4.14. The Labute approximate surface area is 120 Å². The van der Waals surface area contributed by atoms with Crippen molar-refractivity contribution >= 4 is 0 Å². The second-order valence-corrected chi connectivity index (χ2v) is 5.13. The molecule has 0 bridgehead atoms. The fourth-order valence-corrected chi connectivity index (χ4v) is 2.49. The summed E-state index contributed by atoms with van der Waals surface area (Å²) in [5.41, 5.74) is 8.99. The van der Waals surface area contributed by atoms with E-state index in [-0.39, 0.29) is 6.61 Å². The highest BCUT2D eigenvalue weighted by molar-refractivity contribution is 5.37. The molecule has 3 nitrogen and oxygen atoms in total. The van der Waals surface area contributed by atoms with Crippen LogP contribution < -0.4 is 5.73 Å². The van der Waals surface area contributed by atoms with Crippen molar-refractivity contribution in [3.05, 3.63) is 65.5 Å². The van der Waals surface area contributed by atoms with E-state index in [1.165, 1.54) is 0 Å². The maximum atomic E-state index is 9.27. The van der Waals surface area contributed by atoms with Crippen LogP contribution in [0.25, 0.3) is 0 Å². The number of nitrogens with two attached hydrogens (primary N) is 1. The number of benzene rings is 1. The normalized spacial score (nSPS) is 13.9. The molecule has 0 saturated carbocycles. The molecule has 2 aromatic rings. The smallest absolute Gasteiger partial charge is 0.0853 e. The van der Waals surface area contributed by atoms with Crippen molar-refractivity contribution < 1.29 is 5.11 Å². The summed E-state index contributed by atoms with van der Waals surface area (Å²) in [5, 5.41) is 9.27. The molecule has 0 aliphatic heterocycles. The number of unbranched alkanes of at least 4 members (excludes halogenated alkanes) is 1. The van der Waals surface area contributed by atoms with Crippen molar-refractivity contribution in [1.82, 2.24) is 4.98 Å². The van der Waals surface area contributed by atoms with Gasteiger partial charge < -0.3 is 10.8 Å². The third kappa shape index (κ3) is 3.06. The first-order chi connectivity index (χ1) is 9.70. The zero-order valence-corrected chi connectivity index (χ0v) is 11.9. The van der Waals surface area contributed by atoms with Crippen molar-refractivity contribution in [2.24, 2.45) is 5.73 Å². The highest BCUT2D eigenvalue weighted by Crippen LogP contribution is 2.32. The summed E-state index contributed by atoms with van der Waals surface area (Å²) in [6.45, 7) is 2.10. The lowest BCUT2D eigenvalue weighted by Gasteiger charge is -2.31. The van der Waals surface area contributed by atoms with Crippen LogP contribution in [0, 0.1) is 0 Å². The topological polar surface area (TPSA) is 59.1 Å². The molecule has 1 heterocycles. The number of hydrogen-bond acceptors (Lipinski definition) is 3. The number of rotatable bonds is 6. The average Bonchev–Trinajstić information content (AvgIpc) is 2.53. The minimum absolute atomic E-state index is 0.0630. The molecule has 0 amide bonds. The summed E-state index contributed by atoms with van der Waals surface area (Å²) in [6.07, 6.45) is 4.76. The van der Waals surface area contributed by atoms with Gasteiger partial charge in [0.1, 0.15) is 0 Å². The molecular formula is C17H22N2O. The molecule has 3 N–H and O–H groups in total. The third-order valence-electron chi connectivity index (χ3n) is 3.71. The summed E-state index contributed by atoms with van der Waals surface area (Å²) in [5.74, 6) is 0. The van der Waals surface area contributed by atoms with Crippen LogP contribution in [0.4, 0.5) is 0 Å². The van der Waals surface area contributed by atoms with Crippen LogP contribution >= 0.6 is 0 Å². The number of aliphatic hydroxyl groups excluding tert-OH is 1. The van der Waals surface area contributed by atoms with E-state index in [4.69, 9.17) is 5.73 Å². The molecular weight excluding hydrogens is 248 g/mol. The molecule has 0 radical (unpaired) electrons. The van der Waals surface area contributed by atoms with Gasteiger partial charge in [0.2, 0.25) is 0 Å².